The van der Waals surface area contributed by atoms with Gasteiger partial charge in [-0.05, 0) is 57.6 Å². The van der Waals surface area contributed by atoms with Crippen LogP contribution in [0, 0.1) is 6.92 Å². The molecule has 1 aliphatic rings. The van der Waals surface area contributed by atoms with E-state index < -0.39 is 0 Å². The van der Waals surface area contributed by atoms with Crippen LogP contribution in [0.25, 0.3) is 0 Å². The summed E-state index contributed by atoms with van der Waals surface area (Å²) in [6.45, 7) is 10.2. The van der Waals surface area contributed by atoms with Crippen molar-refractivity contribution >= 4 is 5.69 Å². The maximum atomic E-state index is 3.51. The lowest BCUT2D eigenvalue weighted by Gasteiger charge is -2.27. The molecule has 2 rings (SSSR count). The Hall–Kier alpha value is -1.06. The summed E-state index contributed by atoms with van der Waals surface area (Å²) in [5, 5.41) is 3.51. The average molecular weight is 275 g/mol. The van der Waals surface area contributed by atoms with Gasteiger partial charge in [0.25, 0.3) is 0 Å². The summed E-state index contributed by atoms with van der Waals surface area (Å²) >= 11 is 0. The second-order valence-corrected chi connectivity index (χ2v) is 5.98. The molecule has 0 saturated carbocycles. The first kappa shape index (κ1) is 15.3. The largest absolute Gasteiger partial charge is 0.384 e. The van der Waals surface area contributed by atoms with Gasteiger partial charge in [-0.15, -0.1) is 0 Å². The number of rotatable bonds is 7. The minimum atomic E-state index is 0.768. The van der Waals surface area contributed by atoms with E-state index >= 15 is 0 Å². The zero-order valence-corrected chi connectivity index (χ0v) is 13.2. The number of hydrogen-bond acceptors (Lipinski definition) is 3. The fraction of sp³-hybridized carbons (Fsp3) is 0.647. The highest BCUT2D eigenvalue weighted by Gasteiger charge is 2.23. The van der Waals surface area contributed by atoms with Crippen molar-refractivity contribution in [3.63, 3.8) is 0 Å². The number of anilines is 1. The third-order valence-corrected chi connectivity index (χ3v) is 4.27. The summed E-state index contributed by atoms with van der Waals surface area (Å²) in [4.78, 5) is 5.08. The molecule has 1 unspecified atom stereocenters. The number of aryl methyl sites for hydroxylation is 1. The number of likely N-dealkylation sites (tertiary alicyclic amines) is 1. The SMILES string of the molecule is CCN1CCCC1CN(C)CCNc1cccc(C)c1. The molecule has 0 bridgehead atoms. The number of nitrogens with one attached hydrogen (secondary N) is 1. The Bertz CT molecular complexity index is 405. The molecular formula is C17H29N3. The second kappa shape index (κ2) is 7.65. The highest BCUT2D eigenvalue weighted by molar-refractivity contribution is 5.45. The van der Waals surface area contributed by atoms with E-state index in [1.807, 2.05) is 0 Å². The van der Waals surface area contributed by atoms with Crippen LogP contribution in [0.15, 0.2) is 24.3 Å². The van der Waals surface area contributed by atoms with Gasteiger partial charge in [-0.3, -0.25) is 4.90 Å². The van der Waals surface area contributed by atoms with Gasteiger partial charge in [-0.2, -0.15) is 0 Å². The first-order chi connectivity index (χ1) is 9.69. The molecule has 112 valence electrons. The molecule has 0 radical (unpaired) electrons. The van der Waals surface area contributed by atoms with Crippen LogP contribution in [0.3, 0.4) is 0 Å². The van der Waals surface area contributed by atoms with Gasteiger partial charge in [0.15, 0.2) is 0 Å². The van der Waals surface area contributed by atoms with E-state index in [2.05, 4.69) is 60.3 Å². The topological polar surface area (TPSA) is 18.5 Å². The highest BCUT2D eigenvalue weighted by Crippen LogP contribution is 2.17. The summed E-state index contributed by atoms with van der Waals surface area (Å²) < 4.78 is 0. The van der Waals surface area contributed by atoms with Gasteiger partial charge in [-0.1, -0.05) is 19.1 Å². The van der Waals surface area contributed by atoms with Crippen LogP contribution in [0.5, 0.6) is 0 Å². The molecule has 20 heavy (non-hydrogen) atoms. The first-order valence-corrected chi connectivity index (χ1v) is 7.92. The second-order valence-electron chi connectivity index (χ2n) is 5.98. The quantitative estimate of drug-likeness (QED) is 0.825. The van der Waals surface area contributed by atoms with Crippen LogP contribution in [0.2, 0.25) is 0 Å². The van der Waals surface area contributed by atoms with Gasteiger partial charge in [0.2, 0.25) is 0 Å². The average Bonchev–Trinajstić information content (AvgIpc) is 2.86. The molecule has 1 aromatic rings. The van der Waals surface area contributed by atoms with Crippen LogP contribution >= 0.6 is 0 Å². The van der Waals surface area contributed by atoms with Gasteiger partial charge in [0.1, 0.15) is 0 Å². The summed E-state index contributed by atoms with van der Waals surface area (Å²) in [6.07, 6.45) is 2.73. The molecule has 1 fully saturated rings. The van der Waals surface area contributed by atoms with Crippen molar-refractivity contribution < 1.29 is 0 Å². The summed E-state index contributed by atoms with van der Waals surface area (Å²) in [7, 11) is 2.24. The molecule has 1 N–H and O–H groups in total. The van der Waals surface area contributed by atoms with Crippen LogP contribution in [-0.4, -0.2) is 55.6 Å². The lowest BCUT2D eigenvalue weighted by atomic mass is 10.2. The summed E-state index contributed by atoms with van der Waals surface area (Å²) in [6, 6.07) is 9.36. The van der Waals surface area contributed by atoms with Crippen molar-refractivity contribution in [2.24, 2.45) is 0 Å². The van der Waals surface area contributed by atoms with Gasteiger partial charge < -0.3 is 10.2 Å². The van der Waals surface area contributed by atoms with Gasteiger partial charge in [-0.25, -0.2) is 0 Å². The van der Waals surface area contributed by atoms with Crippen LogP contribution in [-0.2, 0) is 0 Å². The zero-order valence-electron chi connectivity index (χ0n) is 13.2. The fourth-order valence-electron chi connectivity index (χ4n) is 3.12. The van der Waals surface area contributed by atoms with Crippen molar-refractivity contribution in [3.05, 3.63) is 29.8 Å². The molecule has 0 aliphatic carbocycles. The van der Waals surface area contributed by atoms with E-state index in [9.17, 15) is 0 Å². The lowest BCUT2D eigenvalue weighted by molar-refractivity contribution is 0.202. The van der Waals surface area contributed by atoms with E-state index in [0.717, 1.165) is 19.1 Å². The molecule has 1 heterocycles. The summed E-state index contributed by atoms with van der Waals surface area (Å²) in [5.74, 6) is 0. The van der Waals surface area contributed by atoms with E-state index in [-0.39, 0.29) is 0 Å². The fourth-order valence-corrected chi connectivity index (χ4v) is 3.12. The van der Waals surface area contributed by atoms with E-state index in [4.69, 9.17) is 0 Å². The monoisotopic (exact) mass is 275 g/mol. The molecule has 1 aliphatic heterocycles. The molecule has 3 nitrogen and oxygen atoms in total. The Labute approximate surface area is 124 Å². The van der Waals surface area contributed by atoms with E-state index in [1.54, 1.807) is 0 Å². The van der Waals surface area contributed by atoms with Crippen LogP contribution < -0.4 is 5.32 Å². The molecule has 1 saturated heterocycles. The Kier molecular flexibility index (Phi) is 5.86. The standard InChI is InChI=1S/C17H29N3/c1-4-20-11-6-9-17(20)14-19(3)12-10-18-16-8-5-7-15(2)13-16/h5,7-8,13,17-18H,4,6,9-12,14H2,1-3H3. The van der Waals surface area contributed by atoms with Crippen molar-refractivity contribution in [1.29, 1.82) is 0 Å². The Morgan fingerprint density at radius 3 is 3.00 bits per heavy atom. The van der Waals surface area contributed by atoms with Crippen molar-refractivity contribution in [3.8, 4) is 0 Å². The third-order valence-electron chi connectivity index (χ3n) is 4.27. The Balaban J connectivity index is 1.68. The first-order valence-electron chi connectivity index (χ1n) is 7.92. The zero-order chi connectivity index (χ0) is 14.4. The number of benzene rings is 1. The predicted octanol–water partition coefficient (Wildman–Crippen LogP) is 2.82. The molecule has 0 spiro atoms. The number of nitrogens with zero attached hydrogens (tertiary/aromatic N) is 2. The molecule has 1 aromatic carbocycles. The van der Waals surface area contributed by atoms with Gasteiger partial charge >= 0.3 is 0 Å². The molecule has 3 heteroatoms. The van der Waals surface area contributed by atoms with Crippen molar-refractivity contribution in [1.82, 2.24) is 9.80 Å². The lowest BCUT2D eigenvalue weighted by Crippen LogP contribution is -2.40. The molecule has 0 amide bonds. The van der Waals surface area contributed by atoms with Gasteiger partial charge in [0, 0.05) is 31.4 Å². The van der Waals surface area contributed by atoms with Gasteiger partial charge in [0.05, 0.1) is 0 Å². The highest BCUT2D eigenvalue weighted by atomic mass is 15.2. The minimum Gasteiger partial charge on any atom is -0.384 e. The smallest absolute Gasteiger partial charge is 0.0343 e. The summed E-state index contributed by atoms with van der Waals surface area (Å²) in [5.41, 5.74) is 2.54. The maximum Gasteiger partial charge on any atom is 0.0343 e. The minimum absolute atomic E-state index is 0.768. The van der Waals surface area contributed by atoms with Crippen molar-refractivity contribution in [2.45, 2.75) is 32.7 Å². The van der Waals surface area contributed by atoms with Crippen LogP contribution in [0.4, 0.5) is 5.69 Å². The number of hydrogen-bond donors (Lipinski definition) is 1. The third kappa shape index (κ3) is 4.50. The molecule has 1 atom stereocenters. The van der Waals surface area contributed by atoms with E-state index in [0.29, 0.717) is 0 Å². The Morgan fingerprint density at radius 2 is 2.25 bits per heavy atom. The normalized spacial score (nSPS) is 19.7. The number of likely N-dealkylation sites (N-methyl/N-ethyl adjacent to an activating group) is 2. The van der Waals surface area contributed by atoms with Crippen molar-refractivity contribution in [2.75, 3.05) is 45.1 Å². The van der Waals surface area contributed by atoms with E-state index in [1.165, 1.54) is 43.7 Å². The maximum absolute atomic E-state index is 3.51. The van der Waals surface area contributed by atoms with Crippen LogP contribution in [0.1, 0.15) is 25.3 Å². The molecule has 0 aromatic heterocycles. The molecular weight excluding hydrogens is 246 g/mol. The predicted molar refractivity (Wildman–Crippen MR) is 87.4 cm³/mol. The Morgan fingerprint density at radius 1 is 1.40 bits per heavy atom.